The van der Waals surface area contributed by atoms with Crippen LogP contribution < -0.4 is 14.2 Å². The van der Waals surface area contributed by atoms with Gasteiger partial charge in [-0.15, -0.1) is 10.2 Å². The fourth-order valence-electron chi connectivity index (χ4n) is 3.89. The summed E-state index contributed by atoms with van der Waals surface area (Å²) in [6, 6.07) is 10.7. The summed E-state index contributed by atoms with van der Waals surface area (Å²) in [5.41, 5.74) is 2.55. The zero-order chi connectivity index (χ0) is 39.4. The van der Waals surface area contributed by atoms with E-state index in [1.165, 1.54) is 21.3 Å². The topological polar surface area (TPSA) is 205 Å². The second-order valence-corrected chi connectivity index (χ2v) is 12.8. The number of ether oxygens (including phenoxy) is 3. The summed E-state index contributed by atoms with van der Waals surface area (Å²) < 4.78 is 112. The number of benzene rings is 1. The molecule has 3 heterocycles. The molecule has 0 unspecified atom stereocenters. The Bertz CT molecular complexity index is 1880. The monoisotopic (exact) mass is 830 g/mol. The fourth-order valence-corrected chi connectivity index (χ4v) is 5.39. The van der Waals surface area contributed by atoms with E-state index in [1.807, 2.05) is 13.0 Å². The molecule has 15 nitrogen and oxygen atoms in total. The number of aliphatic carboxylic acids is 2. The van der Waals surface area contributed by atoms with Crippen molar-refractivity contribution in [2.75, 3.05) is 32.7 Å². The number of halogens is 7. The minimum Gasteiger partial charge on any atom is -0.494 e. The molecule has 4 aromatic rings. The maximum atomic E-state index is 13.7. The van der Waals surface area contributed by atoms with Crippen LogP contribution in [-0.4, -0.2) is 101 Å². The lowest BCUT2D eigenvalue weighted by molar-refractivity contribution is -0.193. The van der Waals surface area contributed by atoms with E-state index in [9.17, 15) is 34.8 Å². The minimum atomic E-state index is -5.08. The quantitative estimate of drug-likeness (QED) is 0.169. The smallest absolute Gasteiger partial charge is 0.490 e. The van der Waals surface area contributed by atoms with E-state index in [4.69, 9.17) is 34.0 Å². The van der Waals surface area contributed by atoms with Crippen molar-refractivity contribution >= 4 is 43.8 Å². The maximum Gasteiger partial charge on any atom is 0.490 e. The zero-order valence-electron chi connectivity index (χ0n) is 27.2. The molecule has 0 amide bonds. The van der Waals surface area contributed by atoms with Gasteiger partial charge in [-0.05, 0) is 58.7 Å². The highest BCUT2D eigenvalue weighted by atomic mass is 79.9. The molecule has 52 heavy (non-hydrogen) atoms. The van der Waals surface area contributed by atoms with Crippen LogP contribution in [-0.2, 0) is 30.8 Å². The Kier molecular flexibility index (Phi) is 15.3. The Labute approximate surface area is 299 Å². The van der Waals surface area contributed by atoms with Gasteiger partial charge in [0.25, 0.3) is 0 Å². The van der Waals surface area contributed by atoms with Gasteiger partial charge in [0.05, 0.1) is 20.8 Å². The zero-order valence-corrected chi connectivity index (χ0v) is 29.6. The van der Waals surface area contributed by atoms with Gasteiger partial charge in [-0.2, -0.15) is 26.3 Å². The molecule has 0 saturated heterocycles. The number of sulfonamides is 1. The number of methoxy groups -OCH3 is 3. The van der Waals surface area contributed by atoms with E-state index in [-0.39, 0.29) is 19.0 Å². The van der Waals surface area contributed by atoms with Crippen LogP contribution in [0.25, 0.3) is 17.1 Å². The second kappa shape index (κ2) is 18.5. The molecule has 0 aliphatic heterocycles. The van der Waals surface area contributed by atoms with Crippen LogP contribution in [0.15, 0.2) is 59.5 Å². The number of anilines is 1. The number of aromatic nitrogens is 5. The van der Waals surface area contributed by atoms with Crippen LogP contribution >= 0.6 is 15.9 Å². The number of alkyl halides is 6. The van der Waals surface area contributed by atoms with Crippen LogP contribution in [0, 0.1) is 6.92 Å². The Balaban J connectivity index is 0.000000564. The summed E-state index contributed by atoms with van der Waals surface area (Å²) in [5, 5.41) is 21.8. The molecule has 0 saturated carbocycles. The van der Waals surface area contributed by atoms with Gasteiger partial charge in [0, 0.05) is 47.9 Å². The van der Waals surface area contributed by atoms with Crippen LogP contribution in [0.5, 0.6) is 11.5 Å². The summed E-state index contributed by atoms with van der Waals surface area (Å²) in [6.45, 7) is 1.84. The van der Waals surface area contributed by atoms with Gasteiger partial charge in [-0.1, -0.05) is 6.07 Å². The minimum absolute atomic E-state index is 0.0471. The van der Waals surface area contributed by atoms with Gasteiger partial charge in [-0.3, -0.25) is 19.3 Å². The normalized spacial score (nSPS) is 12.0. The van der Waals surface area contributed by atoms with Crippen LogP contribution in [0.1, 0.15) is 11.3 Å². The van der Waals surface area contributed by atoms with Gasteiger partial charge in [-0.25, -0.2) is 18.0 Å². The van der Waals surface area contributed by atoms with E-state index in [2.05, 4.69) is 40.8 Å². The number of pyridine rings is 2. The summed E-state index contributed by atoms with van der Waals surface area (Å²) in [4.78, 5) is 26.4. The SMILES string of the molecule is COC[C@H](Cc1ccc(Br)cn1)S(=O)(=O)Nc1nnc(-c2cncc(C)c2)n1-c1c(OC)cccc1OC.O=C(O)C(F)(F)F.O=C(O)C(F)(F)F. The molecule has 0 aliphatic carbocycles. The molecule has 1 atom stereocenters. The molecule has 3 N–H and O–H groups in total. The lowest BCUT2D eigenvalue weighted by Gasteiger charge is -2.20. The number of nitrogens with zero attached hydrogens (tertiary/aromatic N) is 5. The molecular formula is C29H29BrF6N6O9S. The summed E-state index contributed by atoms with van der Waals surface area (Å²) in [7, 11) is 0.435. The first-order valence-corrected chi connectivity index (χ1v) is 16.3. The Hall–Kier alpha value is -5.03. The molecule has 0 radical (unpaired) electrons. The van der Waals surface area contributed by atoms with Gasteiger partial charge in [0.15, 0.2) is 5.82 Å². The van der Waals surface area contributed by atoms with E-state index in [0.717, 1.165) is 10.0 Å². The lowest BCUT2D eigenvalue weighted by Crippen LogP contribution is -2.34. The molecule has 3 aromatic heterocycles. The van der Waals surface area contributed by atoms with E-state index in [0.29, 0.717) is 34.3 Å². The van der Waals surface area contributed by atoms with E-state index >= 15 is 0 Å². The second-order valence-electron chi connectivity index (χ2n) is 9.95. The van der Waals surface area contributed by atoms with Crippen molar-refractivity contribution in [3.8, 4) is 28.6 Å². The lowest BCUT2D eigenvalue weighted by atomic mass is 10.2. The van der Waals surface area contributed by atoms with Gasteiger partial charge < -0.3 is 24.4 Å². The number of carbonyl (C=O) groups is 2. The third kappa shape index (κ3) is 12.3. The largest absolute Gasteiger partial charge is 0.494 e. The van der Waals surface area contributed by atoms with Crippen molar-refractivity contribution in [1.29, 1.82) is 0 Å². The van der Waals surface area contributed by atoms with Gasteiger partial charge in [0.2, 0.25) is 16.0 Å². The number of carboxylic acid groups (broad SMARTS) is 2. The van der Waals surface area contributed by atoms with Crippen molar-refractivity contribution < 1.29 is 68.8 Å². The summed E-state index contributed by atoms with van der Waals surface area (Å²) >= 11 is 3.35. The molecule has 0 aliphatic rings. The van der Waals surface area contributed by atoms with Crippen molar-refractivity contribution in [2.24, 2.45) is 0 Å². The summed E-state index contributed by atoms with van der Waals surface area (Å²) in [5.74, 6) is -4.35. The van der Waals surface area contributed by atoms with E-state index in [1.54, 1.807) is 53.5 Å². The highest BCUT2D eigenvalue weighted by Gasteiger charge is 2.39. The molecule has 1 aromatic carbocycles. The number of nitrogens with one attached hydrogen (secondary N) is 1. The predicted octanol–water partition coefficient (Wildman–Crippen LogP) is 5.08. The third-order valence-electron chi connectivity index (χ3n) is 6.16. The van der Waals surface area contributed by atoms with Crippen molar-refractivity contribution in [3.63, 3.8) is 0 Å². The average molecular weight is 832 g/mol. The molecule has 284 valence electrons. The molecule has 23 heteroatoms. The molecular weight excluding hydrogens is 802 g/mol. The number of rotatable bonds is 11. The first kappa shape index (κ1) is 43.1. The number of hydrogen-bond acceptors (Lipinski definition) is 11. The van der Waals surface area contributed by atoms with Gasteiger partial charge >= 0.3 is 24.3 Å². The molecule has 0 spiro atoms. The Morgan fingerprint density at radius 3 is 1.92 bits per heavy atom. The highest BCUT2D eigenvalue weighted by molar-refractivity contribution is 9.10. The standard InChI is InChI=1S/C25H27BrN6O5S.2C2HF3O2/c1-16-10-17(13-27-12-16)24-29-30-25(32(24)23-21(36-3)6-5-7-22(23)37-4)31-38(33,34)20(15-35-2)11-19-9-8-18(26)14-28-19;2*3-2(4,5)1(6)7/h5-10,12-14,20H,11,15H2,1-4H3,(H,30,31);2*(H,6,7)/t20-;;/m0../s1. The summed E-state index contributed by atoms with van der Waals surface area (Å²) in [6.07, 6.45) is -5.09. The number of hydrogen-bond donors (Lipinski definition) is 3. The van der Waals surface area contributed by atoms with Crippen LogP contribution in [0.2, 0.25) is 0 Å². The van der Waals surface area contributed by atoms with E-state index < -0.39 is 39.6 Å². The Morgan fingerprint density at radius 1 is 0.923 bits per heavy atom. The average Bonchev–Trinajstić information content (AvgIpc) is 3.46. The maximum absolute atomic E-state index is 13.7. The first-order chi connectivity index (χ1) is 24.2. The van der Waals surface area contributed by atoms with Crippen LogP contribution in [0.4, 0.5) is 32.3 Å². The third-order valence-corrected chi connectivity index (χ3v) is 8.27. The predicted molar refractivity (Wildman–Crippen MR) is 174 cm³/mol. The molecule has 0 fully saturated rings. The highest BCUT2D eigenvalue weighted by Crippen LogP contribution is 2.38. The van der Waals surface area contributed by atoms with Crippen LogP contribution in [0.3, 0.4) is 0 Å². The Morgan fingerprint density at radius 2 is 1.48 bits per heavy atom. The van der Waals surface area contributed by atoms with Crippen molar-refractivity contribution in [3.05, 3.63) is 70.7 Å². The van der Waals surface area contributed by atoms with Crippen molar-refractivity contribution in [1.82, 2.24) is 24.7 Å². The molecule has 0 bridgehead atoms. The molecule has 4 rings (SSSR count). The number of para-hydroxylation sites is 1. The fraction of sp³-hybridized carbons (Fsp3) is 0.310. The first-order valence-electron chi connectivity index (χ1n) is 14.0. The van der Waals surface area contributed by atoms with Gasteiger partial charge in [0.1, 0.15) is 22.4 Å². The van der Waals surface area contributed by atoms with Crippen molar-refractivity contribution in [2.45, 2.75) is 30.9 Å². The number of carboxylic acids is 2. The number of aryl methyl sites for hydroxylation is 1.